The van der Waals surface area contributed by atoms with Crippen molar-refractivity contribution in [2.75, 3.05) is 5.73 Å². The summed E-state index contributed by atoms with van der Waals surface area (Å²) in [7, 11) is 0. The van der Waals surface area contributed by atoms with E-state index in [-0.39, 0.29) is 16.8 Å². The summed E-state index contributed by atoms with van der Waals surface area (Å²) in [4.78, 5) is 14.9. The molecule has 0 aromatic heterocycles. The fourth-order valence-corrected chi connectivity index (χ4v) is 1.28. The van der Waals surface area contributed by atoms with Crippen LogP contribution in [0.5, 0.6) is 0 Å². The number of nitrogen functional groups attached to an aromatic ring is 1. The van der Waals surface area contributed by atoms with Crippen molar-refractivity contribution in [2.24, 2.45) is 5.90 Å². The highest BCUT2D eigenvalue weighted by Crippen LogP contribution is 2.35. The van der Waals surface area contributed by atoms with Crippen molar-refractivity contribution in [3.05, 3.63) is 28.8 Å². The molecule has 4 nitrogen and oxygen atoms in total. The van der Waals surface area contributed by atoms with E-state index in [1.807, 2.05) is 0 Å². The number of rotatable bonds is 1. The van der Waals surface area contributed by atoms with Gasteiger partial charge in [-0.25, -0.2) is 4.79 Å². The molecular formula is C9H9F3N2O2. The topological polar surface area (TPSA) is 78.3 Å². The third-order valence-electron chi connectivity index (χ3n) is 2.15. The first kappa shape index (κ1) is 12.3. The molecule has 0 aliphatic heterocycles. The molecule has 0 fully saturated rings. The maximum Gasteiger partial charge on any atom is 0.416 e. The van der Waals surface area contributed by atoms with E-state index in [2.05, 4.69) is 10.7 Å². The van der Waals surface area contributed by atoms with Gasteiger partial charge in [0.25, 0.3) is 0 Å². The fourth-order valence-electron chi connectivity index (χ4n) is 1.28. The van der Waals surface area contributed by atoms with Gasteiger partial charge in [-0.1, -0.05) is 0 Å². The predicted molar refractivity (Wildman–Crippen MR) is 50.2 cm³/mol. The lowest BCUT2D eigenvalue weighted by Crippen LogP contribution is -2.16. The highest BCUT2D eigenvalue weighted by molar-refractivity contribution is 5.95. The first-order valence-electron chi connectivity index (χ1n) is 4.16. The number of nitrogens with two attached hydrogens (primary N) is 2. The van der Waals surface area contributed by atoms with Crippen molar-refractivity contribution in [1.82, 2.24) is 0 Å². The lowest BCUT2D eigenvalue weighted by molar-refractivity contribution is -0.138. The van der Waals surface area contributed by atoms with Crippen LogP contribution in [-0.2, 0) is 11.0 Å². The summed E-state index contributed by atoms with van der Waals surface area (Å²) >= 11 is 0. The minimum atomic E-state index is -4.51. The lowest BCUT2D eigenvalue weighted by Gasteiger charge is -2.13. The largest absolute Gasteiger partial charge is 0.416 e. The molecule has 0 aliphatic rings. The molecule has 0 saturated heterocycles. The summed E-state index contributed by atoms with van der Waals surface area (Å²) in [5, 5.41) is 0. The minimum absolute atomic E-state index is 0.187. The summed E-state index contributed by atoms with van der Waals surface area (Å²) in [6.45, 7) is 1.17. The molecule has 1 aromatic rings. The second-order valence-electron chi connectivity index (χ2n) is 3.10. The first-order chi connectivity index (χ1) is 7.29. The van der Waals surface area contributed by atoms with Gasteiger partial charge in [0.15, 0.2) is 0 Å². The number of benzene rings is 1. The molecule has 0 amide bonds. The Morgan fingerprint density at radius 3 is 2.38 bits per heavy atom. The van der Waals surface area contributed by atoms with Gasteiger partial charge in [-0.3, -0.25) is 0 Å². The van der Waals surface area contributed by atoms with E-state index in [9.17, 15) is 18.0 Å². The van der Waals surface area contributed by atoms with Gasteiger partial charge in [0.05, 0.1) is 11.1 Å². The number of halogens is 3. The van der Waals surface area contributed by atoms with Crippen molar-refractivity contribution < 1.29 is 22.8 Å². The van der Waals surface area contributed by atoms with Gasteiger partial charge in [-0.05, 0) is 24.6 Å². The molecule has 0 unspecified atom stereocenters. The number of hydrogen-bond acceptors (Lipinski definition) is 4. The molecule has 0 aliphatic carbocycles. The monoisotopic (exact) mass is 234 g/mol. The summed E-state index contributed by atoms with van der Waals surface area (Å²) in [5.41, 5.74) is 3.81. The number of hydrogen-bond donors (Lipinski definition) is 2. The molecule has 0 saturated carbocycles. The van der Waals surface area contributed by atoms with Gasteiger partial charge < -0.3 is 10.6 Å². The second-order valence-corrected chi connectivity index (χ2v) is 3.10. The lowest BCUT2D eigenvalue weighted by atomic mass is 10.0. The van der Waals surface area contributed by atoms with Gasteiger partial charge in [0.2, 0.25) is 0 Å². The molecule has 1 aromatic carbocycles. The summed E-state index contributed by atoms with van der Waals surface area (Å²) in [6, 6.07) is 1.69. The zero-order valence-corrected chi connectivity index (χ0v) is 8.26. The van der Waals surface area contributed by atoms with Crippen LogP contribution in [0.2, 0.25) is 0 Å². The molecule has 16 heavy (non-hydrogen) atoms. The molecule has 4 N–H and O–H groups in total. The third-order valence-corrected chi connectivity index (χ3v) is 2.15. The quantitative estimate of drug-likeness (QED) is 0.571. The third kappa shape index (κ3) is 2.08. The molecule has 0 heterocycles. The Labute approximate surface area is 88.9 Å². The first-order valence-corrected chi connectivity index (χ1v) is 4.16. The standard InChI is InChI=1S/C9H9F3N2O2/c1-4-6(9(10,11)12)3-2-5(7(4)13)8(15)16-14/h2-3H,13-14H2,1H3. The Morgan fingerprint density at radius 2 is 1.94 bits per heavy atom. The average molecular weight is 234 g/mol. The second kappa shape index (κ2) is 4.01. The Balaban J connectivity index is 3.35. The predicted octanol–water partition coefficient (Wildman–Crippen LogP) is 1.63. The molecule has 0 atom stereocenters. The van der Waals surface area contributed by atoms with E-state index < -0.39 is 17.7 Å². The smallest absolute Gasteiger partial charge is 0.398 e. The van der Waals surface area contributed by atoms with Crippen molar-refractivity contribution >= 4 is 11.7 Å². The van der Waals surface area contributed by atoms with Crippen molar-refractivity contribution in [3.63, 3.8) is 0 Å². The van der Waals surface area contributed by atoms with Crippen LogP contribution in [-0.4, -0.2) is 5.97 Å². The molecule has 7 heteroatoms. The van der Waals surface area contributed by atoms with Gasteiger partial charge >= 0.3 is 12.1 Å². The van der Waals surface area contributed by atoms with Crippen LogP contribution in [0.3, 0.4) is 0 Å². The van der Waals surface area contributed by atoms with Crippen LogP contribution in [0.15, 0.2) is 12.1 Å². The molecule has 0 spiro atoms. The van der Waals surface area contributed by atoms with E-state index in [0.29, 0.717) is 0 Å². The van der Waals surface area contributed by atoms with Crippen LogP contribution in [0, 0.1) is 6.92 Å². The van der Waals surface area contributed by atoms with Gasteiger partial charge in [-0.15, -0.1) is 0 Å². The van der Waals surface area contributed by atoms with Crippen molar-refractivity contribution in [2.45, 2.75) is 13.1 Å². The van der Waals surface area contributed by atoms with Crippen LogP contribution < -0.4 is 11.6 Å². The van der Waals surface area contributed by atoms with Crippen LogP contribution in [0.4, 0.5) is 18.9 Å². The summed E-state index contributed by atoms with van der Waals surface area (Å²) < 4.78 is 37.3. The van der Waals surface area contributed by atoms with E-state index in [1.54, 1.807) is 0 Å². The Bertz CT molecular complexity index is 429. The van der Waals surface area contributed by atoms with Gasteiger partial charge in [0.1, 0.15) is 0 Å². The summed E-state index contributed by atoms with van der Waals surface area (Å²) in [6.07, 6.45) is -4.51. The van der Waals surface area contributed by atoms with Crippen molar-refractivity contribution in [3.8, 4) is 0 Å². The molecule has 0 bridgehead atoms. The Morgan fingerprint density at radius 1 is 1.38 bits per heavy atom. The number of carbonyl (C=O) groups excluding carboxylic acids is 1. The van der Waals surface area contributed by atoms with Crippen molar-refractivity contribution in [1.29, 1.82) is 0 Å². The Kier molecular flexibility index (Phi) is 3.09. The molecule has 88 valence electrons. The maximum absolute atomic E-state index is 12.4. The van der Waals surface area contributed by atoms with Crippen LogP contribution in [0.25, 0.3) is 0 Å². The Hall–Kier alpha value is -1.76. The average Bonchev–Trinajstić information content (AvgIpc) is 2.19. The zero-order valence-electron chi connectivity index (χ0n) is 8.26. The van der Waals surface area contributed by atoms with E-state index >= 15 is 0 Å². The SMILES string of the molecule is Cc1c(C(F)(F)F)ccc(C(=O)ON)c1N. The maximum atomic E-state index is 12.4. The van der Waals surface area contributed by atoms with Gasteiger partial charge in [0, 0.05) is 5.69 Å². The highest BCUT2D eigenvalue weighted by Gasteiger charge is 2.33. The number of anilines is 1. The summed E-state index contributed by atoms with van der Waals surface area (Å²) in [5.74, 6) is 3.64. The molecule has 1 rings (SSSR count). The zero-order chi connectivity index (χ0) is 12.5. The minimum Gasteiger partial charge on any atom is -0.398 e. The van der Waals surface area contributed by atoms with Crippen LogP contribution >= 0.6 is 0 Å². The van der Waals surface area contributed by atoms with E-state index in [1.165, 1.54) is 6.92 Å². The number of carbonyl (C=O) groups is 1. The normalized spacial score (nSPS) is 11.3. The number of alkyl halides is 3. The van der Waals surface area contributed by atoms with Gasteiger partial charge in [-0.2, -0.15) is 19.1 Å². The molecular weight excluding hydrogens is 225 g/mol. The highest BCUT2D eigenvalue weighted by atomic mass is 19.4. The van der Waals surface area contributed by atoms with E-state index in [4.69, 9.17) is 5.73 Å². The fraction of sp³-hybridized carbons (Fsp3) is 0.222. The van der Waals surface area contributed by atoms with Crippen LogP contribution in [0.1, 0.15) is 21.5 Å². The molecule has 0 radical (unpaired) electrons. The van der Waals surface area contributed by atoms with E-state index in [0.717, 1.165) is 12.1 Å².